The lowest BCUT2D eigenvalue weighted by Gasteiger charge is -2.23. The Balaban J connectivity index is 1.93. The topological polar surface area (TPSA) is 101 Å². The minimum absolute atomic E-state index is 0.162. The molecule has 7 heteroatoms. The number of urea groups is 1. The number of carboxylic acid groups (broad SMARTS) is 1. The lowest BCUT2D eigenvalue weighted by molar-refractivity contribution is 0.0232. The van der Waals surface area contributed by atoms with Crippen molar-refractivity contribution in [3.05, 3.63) is 24.0 Å². The van der Waals surface area contributed by atoms with Gasteiger partial charge < -0.3 is 20.5 Å². The minimum atomic E-state index is -1.19. The van der Waals surface area contributed by atoms with Crippen LogP contribution in [0.25, 0.3) is 0 Å². The number of hydrogen-bond acceptors (Lipinski definition) is 4. The quantitative estimate of drug-likeness (QED) is 0.775. The molecule has 2 rings (SSSR count). The van der Waals surface area contributed by atoms with Crippen LogP contribution in [-0.2, 0) is 4.74 Å². The second kappa shape index (κ2) is 5.87. The predicted octanol–water partition coefficient (Wildman–Crippen LogP) is 1.47. The second-order valence-electron chi connectivity index (χ2n) is 4.91. The maximum atomic E-state index is 11.8. The number of amides is 2. The van der Waals surface area contributed by atoms with Crippen molar-refractivity contribution < 1.29 is 19.4 Å². The summed E-state index contributed by atoms with van der Waals surface area (Å²) in [5, 5.41) is 14.1. The molecule has 1 aromatic rings. The van der Waals surface area contributed by atoms with Crippen LogP contribution in [0.2, 0.25) is 0 Å². The van der Waals surface area contributed by atoms with E-state index in [1.165, 1.54) is 12.3 Å². The SMILES string of the molecule is CC1(CNC(=O)Nc2cccnc2C(=O)O)CCCO1. The summed E-state index contributed by atoms with van der Waals surface area (Å²) in [6, 6.07) is 2.57. The van der Waals surface area contributed by atoms with E-state index >= 15 is 0 Å². The van der Waals surface area contributed by atoms with Gasteiger partial charge in [0.05, 0.1) is 11.3 Å². The molecular formula is C13H17N3O4. The highest BCUT2D eigenvalue weighted by molar-refractivity contribution is 5.98. The van der Waals surface area contributed by atoms with Gasteiger partial charge in [-0.15, -0.1) is 0 Å². The first-order valence-electron chi connectivity index (χ1n) is 6.37. The number of ether oxygens (including phenoxy) is 1. The van der Waals surface area contributed by atoms with Gasteiger partial charge in [0.25, 0.3) is 0 Å². The molecular weight excluding hydrogens is 262 g/mol. The Morgan fingerprint density at radius 1 is 1.55 bits per heavy atom. The fourth-order valence-corrected chi connectivity index (χ4v) is 2.09. The lowest BCUT2D eigenvalue weighted by Crippen LogP contribution is -2.42. The molecule has 108 valence electrons. The van der Waals surface area contributed by atoms with Gasteiger partial charge in [-0.05, 0) is 31.9 Å². The van der Waals surface area contributed by atoms with E-state index in [1.54, 1.807) is 6.07 Å². The van der Waals surface area contributed by atoms with E-state index in [4.69, 9.17) is 9.84 Å². The van der Waals surface area contributed by atoms with E-state index in [-0.39, 0.29) is 17.0 Å². The summed E-state index contributed by atoms with van der Waals surface area (Å²) in [4.78, 5) is 26.5. The van der Waals surface area contributed by atoms with Gasteiger partial charge in [-0.2, -0.15) is 0 Å². The molecule has 7 nitrogen and oxygen atoms in total. The fourth-order valence-electron chi connectivity index (χ4n) is 2.09. The molecule has 1 atom stereocenters. The third kappa shape index (κ3) is 3.45. The van der Waals surface area contributed by atoms with Crippen LogP contribution in [0.4, 0.5) is 10.5 Å². The number of carbonyl (C=O) groups excluding carboxylic acids is 1. The number of pyridine rings is 1. The van der Waals surface area contributed by atoms with Crippen molar-refractivity contribution in [2.75, 3.05) is 18.5 Å². The van der Waals surface area contributed by atoms with E-state index in [0.29, 0.717) is 13.2 Å². The molecule has 2 amide bonds. The van der Waals surface area contributed by atoms with Gasteiger partial charge in [0, 0.05) is 19.3 Å². The summed E-state index contributed by atoms with van der Waals surface area (Å²) in [5.74, 6) is -1.19. The normalized spacial score (nSPS) is 21.4. The Morgan fingerprint density at radius 2 is 2.35 bits per heavy atom. The summed E-state index contributed by atoms with van der Waals surface area (Å²) in [5.41, 5.74) is -0.372. The summed E-state index contributed by atoms with van der Waals surface area (Å²) in [6.07, 6.45) is 3.23. The molecule has 1 aromatic heterocycles. The highest BCUT2D eigenvalue weighted by Gasteiger charge is 2.30. The monoisotopic (exact) mass is 279 g/mol. The number of nitrogens with one attached hydrogen (secondary N) is 2. The number of aromatic carboxylic acids is 1. The molecule has 20 heavy (non-hydrogen) atoms. The van der Waals surface area contributed by atoms with Crippen LogP contribution >= 0.6 is 0 Å². The number of carbonyl (C=O) groups is 2. The highest BCUT2D eigenvalue weighted by atomic mass is 16.5. The van der Waals surface area contributed by atoms with Crippen molar-refractivity contribution in [1.82, 2.24) is 10.3 Å². The summed E-state index contributed by atoms with van der Waals surface area (Å²) in [6.45, 7) is 3.01. The molecule has 1 saturated heterocycles. The molecule has 1 aliphatic heterocycles. The first kappa shape index (κ1) is 14.3. The van der Waals surface area contributed by atoms with Crippen LogP contribution in [0.3, 0.4) is 0 Å². The summed E-state index contributed by atoms with van der Waals surface area (Å²) >= 11 is 0. The molecule has 0 radical (unpaired) electrons. The Bertz CT molecular complexity index is 512. The van der Waals surface area contributed by atoms with Crippen molar-refractivity contribution in [1.29, 1.82) is 0 Å². The fraction of sp³-hybridized carbons (Fsp3) is 0.462. The second-order valence-corrected chi connectivity index (χ2v) is 4.91. The number of aromatic nitrogens is 1. The zero-order chi connectivity index (χ0) is 14.6. The predicted molar refractivity (Wildman–Crippen MR) is 71.8 cm³/mol. The van der Waals surface area contributed by atoms with Crippen LogP contribution < -0.4 is 10.6 Å². The molecule has 0 saturated carbocycles. The molecule has 0 bridgehead atoms. The van der Waals surface area contributed by atoms with Gasteiger partial charge >= 0.3 is 12.0 Å². The number of anilines is 1. The van der Waals surface area contributed by atoms with Crippen LogP contribution in [0, 0.1) is 0 Å². The van der Waals surface area contributed by atoms with Crippen molar-refractivity contribution in [2.24, 2.45) is 0 Å². The Labute approximate surface area is 116 Å². The molecule has 0 aromatic carbocycles. The van der Waals surface area contributed by atoms with Gasteiger partial charge in [-0.25, -0.2) is 14.6 Å². The Hall–Kier alpha value is -2.15. The highest BCUT2D eigenvalue weighted by Crippen LogP contribution is 2.23. The van der Waals surface area contributed by atoms with E-state index in [0.717, 1.165) is 12.8 Å². The van der Waals surface area contributed by atoms with Crippen molar-refractivity contribution in [3.63, 3.8) is 0 Å². The van der Waals surface area contributed by atoms with Crippen molar-refractivity contribution in [2.45, 2.75) is 25.4 Å². The smallest absolute Gasteiger partial charge is 0.356 e. The zero-order valence-corrected chi connectivity index (χ0v) is 11.2. The van der Waals surface area contributed by atoms with Gasteiger partial charge in [0.2, 0.25) is 0 Å². The third-order valence-electron chi connectivity index (χ3n) is 3.18. The average Bonchev–Trinajstić information content (AvgIpc) is 2.84. The number of rotatable bonds is 4. The first-order chi connectivity index (χ1) is 9.50. The average molecular weight is 279 g/mol. The standard InChI is InChI=1S/C13H17N3O4/c1-13(5-3-7-20-13)8-15-12(19)16-9-4-2-6-14-10(9)11(17)18/h2,4,6H,3,5,7-8H2,1H3,(H,17,18)(H2,15,16,19). The van der Waals surface area contributed by atoms with Gasteiger partial charge in [0.15, 0.2) is 5.69 Å². The summed E-state index contributed by atoms with van der Waals surface area (Å²) in [7, 11) is 0. The maximum Gasteiger partial charge on any atom is 0.356 e. The molecule has 2 heterocycles. The molecule has 1 unspecified atom stereocenters. The van der Waals surface area contributed by atoms with E-state index in [1.807, 2.05) is 6.92 Å². The van der Waals surface area contributed by atoms with Crippen LogP contribution in [0.1, 0.15) is 30.3 Å². The minimum Gasteiger partial charge on any atom is -0.476 e. The number of nitrogens with zero attached hydrogens (tertiary/aromatic N) is 1. The lowest BCUT2D eigenvalue weighted by atomic mass is 10.0. The molecule has 1 fully saturated rings. The Kier molecular flexibility index (Phi) is 4.19. The van der Waals surface area contributed by atoms with Gasteiger partial charge in [-0.1, -0.05) is 0 Å². The van der Waals surface area contributed by atoms with Crippen LogP contribution in [0.15, 0.2) is 18.3 Å². The van der Waals surface area contributed by atoms with E-state index in [9.17, 15) is 9.59 Å². The van der Waals surface area contributed by atoms with E-state index in [2.05, 4.69) is 15.6 Å². The molecule has 0 spiro atoms. The number of hydrogen-bond donors (Lipinski definition) is 3. The van der Waals surface area contributed by atoms with Gasteiger partial charge in [0.1, 0.15) is 0 Å². The van der Waals surface area contributed by atoms with Crippen molar-refractivity contribution >= 4 is 17.7 Å². The van der Waals surface area contributed by atoms with Crippen molar-refractivity contribution in [3.8, 4) is 0 Å². The maximum absolute atomic E-state index is 11.8. The number of carboxylic acids is 1. The zero-order valence-electron chi connectivity index (χ0n) is 11.2. The largest absolute Gasteiger partial charge is 0.476 e. The van der Waals surface area contributed by atoms with Crippen LogP contribution in [0.5, 0.6) is 0 Å². The molecule has 0 aliphatic carbocycles. The van der Waals surface area contributed by atoms with Crippen LogP contribution in [-0.4, -0.2) is 40.8 Å². The summed E-state index contributed by atoms with van der Waals surface area (Å²) < 4.78 is 5.55. The third-order valence-corrected chi connectivity index (χ3v) is 3.18. The molecule has 3 N–H and O–H groups in total. The van der Waals surface area contributed by atoms with Gasteiger partial charge in [-0.3, -0.25) is 0 Å². The first-order valence-corrected chi connectivity index (χ1v) is 6.37. The molecule has 1 aliphatic rings. The van der Waals surface area contributed by atoms with E-state index < -0.39 is 12.0 Å². The Morgan fingerprint density at radius 3 is 3.00 bits per heavy atom.